The molecule has 0 saturated heterocycles. The maximum absolute atomic E-state index is 10.5. The van der Waals surface area contributed by atoms with Crippen LogP contribution in [0, 0.1) is 6.92 Å². The molecule has 4 heteroatoms. The molecule has 0 heterocycles. The fraction of sp³-hybridized carbons (Fsp3) is 0.143. The summed E-state index contributed by atoms with van der Waals surface area (Å²) in [4.78, 5) is 21.1. The van der Waals surface area contributed by atoms with Gasteiger partial charge in [0.05, 0.1) is 0 Å². The molecule has 0 radical (unpaired) electrons. The highest BCUT2D eigenvalue weighted by Gasteiger charge is 1.98. The lowest BCUT2D eigenvalue weighted by Crippen LogP contribution is -2.26. The van der Waals surface area contributed by atoms with Crippen LogP contribution in [-0.2, 0) is 4.57 Å². The van der Waals surface area contributed by atoms with Crippen LogP contribution in [-0.4, -0.2) is 0 Å². The van der Waals surface area contributed by atoms with Crippen LogP contribution in [0.4, 0.5) is 0 Å². The third kappa shape index (κ3) is 1.90. The van der Waals surface area contributed by atoms with Crippen LogP contribution >= 0.6 is 7.60 Å². The maximum Gasteiger partial charge on any atom is -0.0127 e. The molecule has 60 valence electrons. The molecular formula is C7H7O3P-2. The van der Waals surface area contributed by atoms with Crippen molar-refractivity contribution in [1.82, 2.24) is 0 Å². The Morgan fingerprint density at radius 3 is 2.18 bits per heavy atom. The van der Waals surface area contributed by atoms with Crippen LogP contribution in [0.2, 0.25) is 0 Å². The molecule has 1 aromatic rings. The second-order valence-corrected chi connectivity index (χ2v) is 3.76. The van der Waals surface area contributed by atoms with Crippen molar-refractivity contribution in [2.75, 3.05) is 0 Å². The van der Waals surface area contributed by atoms with Gasteiger partial charge in [-0.3, -0.25) is 0 Å². The van der Waals surface area contributed by atoms with Gasteiger partial charge in [-0.1, -0.05) is 24.3 Å². The molecule has 0 fully saturated rings. The first-order valence-electron chi connectivity index (χ1n) is 3.10. The molecule has 0 atom stereocenters. The third-order valence-electron chi connectivity index (χ3n) is 1.41. The van der Waals surface area contributed by atoms with Crippen LogP contribution in [0.25, 0.3) is 0 Å². The second-order valence-electron chi connectivity index (χ2n) is 2.28. The zero-order chi connectivity index (χ0) is 8.48. The van der Waals surface area contributed by atoms with E-state index in [0.29, 0.717) is 5.56 Å². The second kappa shape index (κ2) is 2.78. The Morgan fingerprint density at radius 1 is 1.27 bits per heavy atom. The van der Waals surface area contributed by atoms with Gasteiger partial charge in [0, 0.05) is 0 Å². The van der Waals surface area contributed by atoms with Crippen LogP contribution in [0.5, 0.6) is 0 Å². The zero-order valence-corrected chi connectivity index (χ0v) is 6.88. The lowest BCUT2D eigenvalue weighted by Gasteiger charge is -2.31. The largest absolute Gasteiger partial charge is 0.807 e. The van der Waals surface area contributed by atoms with Gasteiger partial charge < -0.3 is 14.4 Å². The normalized spacial score (nSPS) is 11.5. The number of benzene rings is 1. The molecule has 3 nitrogen and oxygen atoms in total. The van der Waals surface area contributed by atoms with Crippen molar-refractivity contribution in [2.24, 2.45) is 0 Å². The Bertz CT molecular complexity index is 302. The summed E-state index contributed by atoms with van der Waals surface area (Å²) in [7, 11) is -4.56. The molecule has 0 aliphatic rings. The highest BCUT2D eigenvalue weighted by molar-refractivity contribution is 7.57. The average Bonchev–Trinajstić information content (AvgIpc) is 1.86. The fourth-order valence-corrected chi connectivity index (χ4v) is 1.65. The van der Waals surface area contributed by atoms with Crippen molar-refractivity contribution in [1.29, 1.82) is 0 Å². The smallest absolute Gasteiger partial charge is 0.0127 e. The summed E-state index contributed by atoms with van der Waals surface area (Å²) >= 11 is 0. The molecule has 0 aliphatic carbocycles. The Balaban J connectivity index is 3.25. The van der Waals surface area contributed by atoms with Crippen molar-refractivity contribution in [3.05, 3.63) is 29.8 Å². The van der Waals surface area contributed by atoms with Gasteiger partial charge in [0.2, 0.25) is 0 Å². The first kappa shape index (κ1) is 8.47. The van der Waals surface area contributed by atoms with Gasteiger partial charge in [-0.2, -0.15) is 0 Å². The number of aryl methyl sites for hydroxylation is 1. The summed E-state index contributed by atoms with van der Waals surface area (Å²) in [6.45, 7) is 1.60. The summed E-state index contributed by atoms with van der Waals surface area (Å²) in [5.41, 5.74) is 0.501. The number of hydrogen-bond acceptors (Lipinski definition) is 3. The van der Waals surface area contributed by atoms with Gasteiger partial charge in [-0.25, -0.2) is 0 Å². The predicted molar refractivity (Wildman–Crippen MR) is 38.4 cm³/mol. The molecule has 0 unspecified atom stereocenters. The molecule has 0 saturated carbocycles. The molecule has 0 spiro atoms. The first-order valence-corrected chi connectivity index (χ1v) is 4.64. The van der Waals surface area contributed by atoms with Crippen LogP contribution < -0.4 is 15.1 Å². The van der Waals surface area contributed by atoms with Gasteiger partial charge in [0.15, 0.2) is 0 Å². The topological polar surface area (TPSA) is 63.2 Å². The summed E-state index contributed by atoms with van der Waals surface area (Å²) in [6, 6.07) is 6.13. The van der Waals surface area contributed by atoms with Crippen molar-refractivity contribution >= 4 is 12.9 Å². The van der Waals surface area contributed by atoms with E-state index < -0.39 is 7.60 Å². The highest BCUT2D eigenvalue weighted by Crippen LogP contribution is 2.23. The summed E-state index contributed by atoms with van der Waals surface area (Å²) in [5.74, 6) is 0. The van der Waals surface area contributed by atoms with E-state index in [1.165, 1.54) is 12.1 Å². The minimum Gasteiger partial charge on any atom is -0.807 e. The quantitative estimate of drug-likeness (QED) is 0.535. The molecule has 11 heavy (non-hydrogen) atoms. The van der Waals surface area contributed by atoms with E-state index in [1.54, 1.807) is 19.1 Å². The lowest BCUT2D eigenvalue weighted by atomic mass is 10.2. The predicted octanol–water partition coefficient (Wildman–Crippen LogP) is -0.466. The third-order valence-corrected chi connectivity index (χ3v) is 2.50. The van der Waals surface area contributed by atoms with Crippen molar-refractivity contribution in [3.63, 3.8) is 0 Å². The van der Waals surface area contributed by atoms with Crippen molar-refractivity contribution in [3.8, 4) is 0 Å². The van der Waals surface area contributed by atoms with E-state index in [9.17, 15) is 14.4 Å². The van der Waals surface area contributed by atoms with Crippen LogP contribution in [0.3, 0.4) is 0 Å². The van der Waals surface area contributed by atoms with Crippen LogP contribution in [0.15, 0.2) is 24.3 Å². The van der Waals surface area contributed by atoms with Crippen LogP contribution in [0.1, 0.15) is 5.56 Å². The molecule has 0 bridgehead atoms. The molecular weight excluding hydrogens is 163 g/mol. The molecule has 0 N–H and O–H groups in total. The van der Waals surface area contributed by atoms with E-state index in [2.05, 4.69) is 0 Å². The number of rotatable bonds is 1. The summed E-state index contributed by atoms with van der Waals surface area (Å²) < 4.78 is 10.5. The Hall–Kier alpha value is -0.630. The zero-order valence-electron chi connectivity index (χ0n) is 5.98. The van der Waals surface area contributed by atoms with Crippen molar-refractivity contribution in [2.45, 2.75) is 6.92 Å². The van der Waals surface area contributed by atoms with E-state index in [1.807, 2.05) is 0 Å². The molecule has 1 rings (SSSR count). The monoisotopic (exact) mass is 170 g/mol. The number of hydrogen-bond donors (Lipinski definition) is 0. The lowest BCUT2D eigenvalue weighted by molar-refractivity contribution is -0.307. The maximum atomic E-state index is 10.5. The molecule has 1 aromatic carbocycles. The van der Waals surface area contributed by atoms with Gasteiger partial charge in [0.25, 0.3) is 0 Å². The SMILES string of the molecule is Cc1ccccc1P(=O)([O-])[O-]. The molecule has 0 aromatic heterocycles. The van der Waals surface area contributed by atoms with Gasteiger partial charge in [0.1, 0.15) is 0 Å². The fourth-order valence-electron chi connectivity index (χ4n) is 0.871. The minimum atomic E-state index is -4.56. The van der Waals surface area contributed by atoms with E-state index in [-0.39, 0.29) is 5.30 Å². The summed E-state index contributed by atoms with van der Waals surface area (Å²) in [6.07, 6.45) is 0. The highest BCUT2D eigenvalue weighted by atomic mass is 31.2. The van der Waals surface area contributed by atoms with E-state index in [0.717, 1.165) is 0 Å². The molecule has 0 amide bonds. The Kier molecular flexibility index (Phi) is 2.14. The van der Waals surface area contributed by atoms with Gasteiger partial charge in [-0.15, -0.1) is 0 Å². The Morgan fingerprint density at radius 2 is 1.82 bits per heavy atom. The van der Waals surface area contributed by atoms with Crippen molar-refractivity contribution < 1.29 is 14.4 Å². The minimum absolute atomic E-state index is 0.111. The Labute approximate surface area is 64.8 Å². The average molecular weight is 170 g/mol. The summed E-state index contributed by atoms with van der Waals surface area (Å²) in [5, 5.41) is -0.111. The first-order chi connectivity index (χ1) is 5.02. The standard InChI is InChI=1S/C7H9O3P/c1-6-4-2-3-5-7(6)11(8,9)10/h2-5H,1H3,(H2,8,9,10)/p-2. The van der Waals surface area contributed by atoms with E-state index >= 15 is 0 Å². The van der Waals surface area contributed by atoms with Gasteiger partial charge >= 0.3 is 0 Å². The van der Waals surface area contributed by atoms with E-state index in [4.69, 9.17) is 0 Å². The van der Waals surface area contributed by atoms with Gasteiger partial charge in [-0.05, 0) is 25.4 Å². The molecule has 0 aliphatic heterocycles.